The van der Waals surface area contributed by atoms with Gasteiger partial charge in [0.05, 0.1) is 11.2 Å². The molecule has 0 aliphatic carbocycles. The number of likely N-dealkylation sites (tertiary alicyclic amines) is 1. The fourth-order valence-corrected chi connectivity index (χ4v) is 3.77. The average molecular weight is 374 g/mol. The number of aromatic nitrogens is 1. The first-order valence-electron chi connectivity index (χ1n) is 7.15. The Morgan fingerprint density at radius 2 is 2.00 bits per heavy atom. The van der Waals surface area contributed by atoms with Gasteiger partial charge in [-0.15, -0.1) is 36.2 Å². The van der Waals surface area contributed by atoms with Crippen LogP contribution in [0, 0.1) is 12.8 Å². The number of halogens is 2. The van der Waals surface area contributed by atoms with Gasteiger partial charge in [0.1, 0.15) is 4.88 Å². The van der Waals surface area contributed by atoms with Gasteiger partial charge in [0.2, 0.25) is 0 Å². The predicted octanol–water partition coefficient (Wildman–Crippen LogP) is 3.11. The number of amides is 1. The molecule has 1 aliphatic rings. The normalized spacial score (nSPS) is 19.8. The number of benzene rings is 1. The Morgan fingerprint density at radius 3 is 2.57 bits per heavy atom. The molecular formula is C16H21Cl2N3OS. The molecular weight excluding hydrogens is 353 g/mol. The minimum atomic E-state index is 0. The third kappa shape index (κ3) is 4.04. The quantitative estimate of drug-likeness (QED) is 0.898. The molecule has 3 rings (SSSR count). The zero-order valence-electron chi connectivity index (χ0n) is 12.8. The molecule has 0 spiro atoms. The lowest BCUT2D eigenvalue weighted by molar-refractivity contribution is 0.0790. The standard InChI is InChI=1S/C16H19N3OS.2ClH/c1-11-15(21-10-18-11)16(20)19-8-13(7-17)14(9-19)12-5-3-2-4-6-12;;/h2-6,10,13-14H,7-9,17H2,1H3;2*1H/t13-,14+;;/m1../s1. The molecule has 126 valence electrons. The highest BCUT2D eigenvalue weighted by atomic mass is 35.5. The number of aryl methyl sites for hydroxylation is 1. The van der Waals surface area contributed by atoms with E-state index in [1.807, 2.05) is 30.0 Å². The Bertz CT molecular complexity index is 635. The van der Waals surface area contributed by atoms with Crippen molar-refractivity contribution in [1.82, 2.24) is 9.88 Å². The summed E-state index contributed by atoms with van der Waals surface area (Å²) < 4.78 is 0. The first-order valence-corrected chi connectivity index (χ1v) is 8.03. The lowest BCUT2D eigenvalue weighted by atomic mass is 9.89. The Hall–Kier alpha value is -1.14. The molecule has 1 fully saturated rings. The first kappa shape index (κ1) is 19.9. The largest absolute Gasteiger partial charge is 0.337 e. The van der Waals surface area contributed by atoms with Crippen LogP contribution < -0.4 is 5.73 Å². The van der Waals surface area contributed by atoms with Crippen molar-refractivity contribution >= 4 is 42.1 Å². The summed E-state index contributed by atoms with van der Waals surface area (Å²) in [5.41, 5.74) is 9.74. The molecule has 1 saturated heterocycles. The number of nitrogens with zero attached hydrogens (tertiary/aromatic N) is 2. The zero-order chi connectivity index (χ0) is 14.8. The van der Waals surface area contributed by atoms with Gasteiger partial charge in [-0.05, 0) is 24.9 Å². The molecule has 7 heteroatoms. The van der Waals surface area contributed by atoms with Gasteiger partial charge in [0.25, 0.3) is 5.91 Å². The van der Waals surface area contributed by atoms with Gasteiger partial charge in [0, 0.05) is 19.0 Å². The van der Waals surface area contributed by atoms with E-state index >= 15 is 0 Å². The van der Waals surface area contributed by atoms with E-state index in [-0.39, 0.29) is 30.7 Å². The number of carbonyl (C=O) groups is 1. The van der Waals surface area contributed by atoms with Crippen molar-refractivity contribution in [2.75, 3.05) is 19.6 Å². The second kappa shape index (κ2) is 8.64. The Labute approximate surface area is 152 Å². The SMILES string of the molecule is Cc1ncsc1C(=O)N1C[C@@H](CN)[C@H](c2ccccc2)C1.Cl.Cl. The number of hydrogen-bond acceptors (Lipinski definition) is 4. The van der Waals surface area contributed by atoms with E-state index in [0.29, 0.717) is 18.4 Å². The predicted molar refractivity (Wildman–Crippen MR) is 99.0 cm³/mol. The summed E-state index contributed by atoms with van der Waals surface area (Å²) in [5.74, 6) is 0.741. The molecule has 2 N–H and O–H groups in total. The molecule has 1 aliphatic heterocycles. The Balaban J connectivity index is 0.00000132. The van der Waals surface area contributed by atoms with Gasteiger partial charge in [-0.3, -0.25) is 4.79 Å². The average Bonchev–Trinajstić information content (AvgIpc) is 3.13. The van der Waals surface area contributed by atoms with E-state index in [1.54, 1.807) is 5.51 Å². The lowest BCUT2D eigenvalue weighted by Gasteiger charge is -2.16. The van der Waals surface area contributed by atoms with Crippen molar-refractivity contribution in [3.05, 3.63) is 52.0 Å². The first-order chi connectivity index (χ1) is 10.2. The zero-order valence-corrected chi connectivity index (χ0v) is 15.3. The number of nitrogens with two attached hydrogens (primary N) is 1. The molecule has 0 unspecified atom stereocenters. The molecule has 1 aromatic carbocycles. The molecule has 0 bridgehead atoms. The highest BCUT2D eigenvalue weighted by molar-refractivity contribution is 7.11. The van der Waals surface area contributed by atoms with Crippen LogP contribution in [-0.4, -0.2) is 35.4 Å². The van der Waals surface area contributed by atoms with Crippen LogP contribution in [0.15, 0.2) is 35.8 Å². The summed E-state index contributed by atoms with van der Waals surface area (Å²) in [6.45, 7) is 3.95. The van der Waals surface area contributed by atoms with Crippen molar-refractivity contribution in [1.29, 1.82) is 0 Å². The fourth-order valence-electron chi connectivity index (χ4n) is 3.00. The summed E-state index contributed by atoms with van der Waals surface area (Å²) >= 11 is 1.42. The molecule has 23 heavy (non-hydrogen) atoms. The minimum Gasteiger partial charge on any atom is -0.337 e. The van der Waals surface area contributed by atoms with Crippen LogP contribution in [0.2, 0.25) is 0 Å². The Kier molecular flexibility index (Phi) is 7.48. The molecule has 2 aromatic rings. The van der Waals surface area contributed by atoms with Crippen LogP contribution >= 0.6 is 36.2 Å². The van der Waals surface area contributed by atoms with Crippen LogP contribution in [0.4, 0.5) is 0 Å². The summed E-state index contributed by atoms with van der Waals surface area (Å²) in [6, 6.07) is 10.3. The number of hydrogen-bond donors (Lipinski definition) is 1. The monoisotopic (exact) mass is 373 g/mol. The molecule has 1 amide bonds. The topological polar surface area (TPSA) is 59.2 Å². The van der Waals surface area contributed by atoms with Crippen molar-refractivity contribution in [3.63, 3.8) is 0 Å². The fraction of sp³-hybridized carbons (Fsp3) is 0.375. The number of thiazole rings is 1. The maximum Gasteiger partial charge on any atom is 0.265 e. The number of carbonyl (C=O) groups excluding carboxylic acids is 1. The molecule has 1 aromatic heterocycles. The minimum absolute atomic E-state index is 0. The van der Waals surface area contributed by atoms with Crippen molar-refractivity contribution in [2.24, 2.45) is 11.7 Å². The lowest BCUT2D eigenvalue weighted by Crippen LogP contribution is -2.29. The third-order valence-electron chi connectivity index (χ3n) is 4.20. The van der Waals surface area contributed by atoms with Crippen LogP contribution in [0.1, 0.15) is 26.8 Å². The van der Waals surface area contributed by atoms with E-state index in [9.17, 15) is 4.79 Å². The van der Waals surface area contributed by atoms with Crippen molar-refractivity contribution in [3.8, 4) is 0 Å². The van der Waals surface area contributed by atoms with E-state index in [0.717, 1.165) is 23.7 Å². The molecule has 0 radical (unpaired) electrons. The van der Waals surface area contributed by atoms with Gasteiger partial charge in [-0.1, -0.05) is 30.3 Å². The molecule has 2 heterocycles. The maximum atomic E-state index is 12.6. The Morgan fingerprint density at radius 1 is 1.30 bits per heavy atom. The van der Waals surface area contributed by atoms with E-state index in [2.05, 4.69) is 17.1 Å². The summed E-state index contributed by atoms with van der Waals surface area (Å²) in [7, 11) is 0. The van der Waals surface area contributed by atoms with Gasteiger partial charge < -0.3 is 10.6 Å². The molecule has 0 saturated carbocycles. The van der Waals surface area contributed by atoms with Gasteiger partial charge in [-0.2, -0.15) is 0 Å². The van der Waals surface area contributed by atoms with Crippen molar-refractivity contribution < 1.29 is 4.79 Å². The number of rotatable bonds is 3. The maximum absolute atomic E-state index is 12.6. The summed E-state index contributed by atoms with van der Waals surface area (Å²) in [5, 5.41) is 0. The van der Waals surface area contributed by atoms with Crippen molar-refractivity contribution in [2.45, 2.75) is 12.8 Å². The summed E-state index contributed by atoms with van der Waals surface area (Å²) in [6.07, 6.45) is 0. The van der Waals surface area contributed by atoms with Gasteiger partial charge >= 0.3 is 0 Å². The van der Waals surface area contributed by atoms with Gasteiger partial charge in [-0.25, -0.2) is 4.98 Å². The smallest absolute Gasteiger partial charge is 0.265 e. The van der Waals surface area contributed by atoms with Gasteiger partial charge in [0.15, 0.2) is 0 Å². The highest BCUT2D eigenvalue weighted by Crippen LogP contribution is 2.33. The van der Waals surface area contributed by atoms with Crippen LogP contribution in [0.5, 0.6) is 0 Å². The third-order valence-corrected chi connectivity index (χ3v) is 5.12. The van der Waals surface area contributed by atoms with Crippen LogP contribution in [0.25, 0.3) is 0 Å². The highest BCUT2D eigenvalue weighted by Gasteiger charge is 2.36. The molecule has 2 atom stereocenters. The second-order valence-corrected chi connectivity index (χ2v) is 6.34. The summed E-state index contributed by atoms with van der Waals surface area (Å²) in [4.78, 5) is 19.5. The van der Waals surface area contributed by atoms with Crippen LogP contribution in [0.3, 0.4) is 0 Å². The van der Waals surface area contributed by atoms with E-state index in [4.69, 9.17) is 5.73 Å². The second-order valence-electron chi connectivity index (χ2n) is 5.49. The molecule has 4 nitrogen and oxygen atoms in total. The van der Waals surface area contributed by atoms with Crippen LogP contribution in [-0.2, 0) is 0 Å². The van der Waals surface area contributed by atoms with E-state index < -0.39 is 0 Å². The van der Waals surface area contributed by atoms with E-state index in [1.165, 1.54) is 16.9 Å².